The van der Waals surface area contributed by atoms with Gasteiger partial charge in [-0.25, -0.2) is 4.79 Å². The third-order valence-corrected chi connectivity index (χ3v) is 3.16. The molecule has 1 heterocycles. The molecule has 5 heteroatoms. The van der Waals surface area contributed by atoms with E-state index < -0.39 is 0 Å². The minimum Gasteiger partial charge on any atom is -0.492 e. The zero-order valence-electron chi connectivity index (χ0n) is 11.9. The summed E-state index contributed by atoms with van der Waals surface area (Å²) in [6, 6.07) is 7.67. The lowest BCUT2D eigenvalue weighted by molar-refractivity contribution is 0.111. The summed E-state index contributed by atoms with van der Waals surface area (Å²) in [5.74, 6) is 0.826. The Morgan fingerprint density at radius 3 is 3.10 bits per heavy atom. The Hall–Kier alpha value is -1.75. The number of rotatable bonds is 6. The molecular formula is C15H22N2O3. The van der Waals surface area contributed by atoms with Crippen LogP contribution in [-0.4, -0.2) is 38.4 Å². The zero-order chi connectivity index (χ0) is 14.2. The van der Waals surface area contributed by atoms with Gasteiger partial charge in [-0.2, -0.15) is 0 Å². The van der Waals surface area contributed by atoms with Crippen molar-refractivity contribution in [3.05, 3.63) is 29.8 Å². The first-order valence-electron chi connectivity index (χ1n) is 7.07. The fourth-order valence-corrected chi connectivity index (χ4v) is 2.11. The van der Waals surface area contributed by atoms with Gasteiger partial charge in [0, 0.05) is 13.2 Å². The van der Waals surface area contributed by atoms with Crippen LogP contribution in [-0.2, 0) is 4.74 Å². The van der Waals surface area contributed by atoms with Crippen LogP contribution in [0.2, 0.25) is 0 Å². The van der Waals surface area contributed by atoms with Crippen molar-refractivity contribution < 1.29 is 14.3 Å². The highest BCUT2D eigenvalue weighted by atomic mass is 16.5. The molecule has 1 unspecified atom stereocenters. The standard InChI is InChI=1S/C15H22N2O3/c1-12-4-2-5-13(10-12)20-9-7-16-15(18)17-11-14-6-3-8-19-14/h2,4-5,10,14H,3,6-9,11H2,1H3,(H2,16,17,18). The zero-order valence-corrected chi connectivity index (χ0v) is 11.9. The number of hydrogen-bond acceptors (Lipinski definition) is 3. The number of nitrogens with one attached hydrogen (secondary N) is 2. The average molecular weight is 278 g/mol. The maximum absolute atomic E-state index is 11.5. The van der Waals surface area contributed by atoms with Crippen LogP contribution in [0.3, 0.4) is 0 Å². The van der Waals surface area contributed by atoms with E-state index in [-0.39, 0.29) is 12.1 Å². The van der Waals surface area contributed by atoms with Crippen molar-refractivity contribution in [3.8, 4) is 5.75 Å². The van der Waals surface area contributed by atoms with E-state index in [9.17, 15) is 4.79 Å². The summed E-state index contributed by atoms with van der Waals surface area (Å²) in [4.78, 5) is 11.5. The lowest BCUT2D eigenvalue weighted by Gasteiger charge is -2.12. The van der Waals surface area contributed by atoms with Gasteiger partial charge in [0.1, 0.15) is 12.4 Å². The Kier molecular flexibility index (Phi) is 5.68. The van der Waals surface area contributed by atoms with Gasteiger partial charge in [0.05, 0.1) is 12.6 Å². The van der Waals surface area contributed by atoms with E-state index >= 15 is 0 Å². The van der Waals surface area contributed by atoms with E-state index in [1.807, 2.05) is 31.2 Å². The van der Waals surface area contributed by atoms with Gasteiger partial charge in [-0.1, -0.05) is 12.1 Å². The molecule has 0 aromatic heterocycles. The van der Waals surface area contributed by atoms with Crippen LogP contribution in [0.25, 0.3) is 0 Å². The van der Waals surface area contributed by atoms with Gasteiger partial charge in [-0.05, 0) is 37.5 Å². The fourth-order valence-electron chi connectivity index (χ4n) is 2.11. The summed E-state index contributed by atoms with van der Waals surface area (Å²) >= 11 is 0. The molecule has 1 atom stereocenters. The molecule has 1 fully saturated rings. The van der Waals surface area contributed by atoms with E-state index in [4.69, 9.17) is 9.47 Å². The summed E-state index contributed by atoms with van der Waals surface area (Å²) in [6.45, 7) is 4.33. The highest BCUT2D eigenvalue weighted by Crippen LogP contribution is 2.12. The Labute approximate surface area is 119 Å². The summed E-state index contributed by atoms with van der Waals surface area (Å²) in [7, 11) is 0. The van der Waals surface area contributed by atoms with Gasteiger partial charge in [0.25, 0.3) is 0 Å². The minimum atomic E-state index is -0.173. The molecular weight excluding hydrogens is 256 g/mol. The van der Waals surface area contributed by atoms with E-state index in [2.05, 4.69) is 10.6 Å². The molecule has 1 aromatic carbocycles. The SMILES string of the molecule is Cc1cccc(OCCNC(=O)NCC2CCCO2)c1. The normalized spacial score (nSPS) is 17.8. The van der Waals surface area contributed by atoms with Crippen LogP contribution in [0.15, 0.2) is 24.3 Å². The molecule has 0 saturated carbocycles. The second-order valence-corrected chi connectivity index (χ2v) is 4.94. The topological polar surface area (TPSA) is 59.6 Å². The first-order chi connectivity index (χ1) is 9.74. The summed E-state index contributed by atoms with van der Waals surface area (Å²) in [6.07, 6.45) is 2.28. The fraction of sp³-hybridized carbons (Fsp3) is 0.533. The molecule has 1 aliphatic rings. The molecule has 2 amide bonds. The van der Waals surface area contributed by atoms with Crippen molar-refractivity contribution in [2.75, 3.05) is 26.3 Å². The molecule has 110 valence electrons. The first-order valence-corrected chi connectivity index (χ1v) is 7.07. The van der Waals surface area contributed by atoms with Crippen LogP contribution < -0.4 is 15.4 Å². The summed E-state index contributed by atoms with van der Waals surface area (Å²) in [5.41, 5.74) is 1.16. The van der Waals surface area contributed by atoms with Crippen LogP contribution in [0, 0.1) is 6.92 Å². The molecule has 1 saturated heterocycles. The number of ether oxygens (including phenoxy) is 2. The Balaban J connectivity index is 1.55. The molecule has 2 rings (SSSR count). The maximum Gasteiger partial charge on any atom is 0.315 e. The highest BCUT2D eigenvalue weighted by Gasteiger charge is 2.15. The third kappa shape index (κ3) is 5.09. The van der Waals surface area contributed by atoms with Gasteiger partial charge in [-0.3, -0.25) is 0 Å². The minimum absolute atomic E-state index is 0.171. The van der Waals surface area contributed by atoms with Crippen molar-refractivity contribution in [3.63, 3.8) is 0 Å². The quantitative estimate of drug-likeness (QED) is 0.781. The van der Waals surface area contributed by atoms with Gasteiger partial charge in [-0.15, -0.1) is 0 Å². The Morgan fingerprint density at radius 2 is 2.35 bits per heavy atom. The molecule has 0 aliphatic carbocycles. The molecule has 1 aliphatic heterocycles. The molecule has 20 heavy (non-hydrogen) atoms. The number of carbonyl (C=O) groups excluding carboxylic acids is 1. The van der Waals surface area contributed by atoms with Crippen molar-refractivity contribution >= 4 is 6.03 Å². The molecule has 5 nitrogen and oxygen atoms in total. The molecule has 0 spiro atoms. The van der Waals surface area contributed by atoms with E-state index in [1.54, 1.807) is 0 Å². The summed E-state index contributed by atoms with van der Waals surface area (Å²) < 4.78 is 11.0. The smallest absolute Gasteiger partial charge is 0.315 e. The number of aryl methyl sites for hydroxylation is 1. The summed E-state index contributed by atoms with van der Waals surface area (Å²) in [5, 5.41) is 5.56. The maximum atomic E-state index is 11.5. The van der Waals surface area contributed by atoms with Crippen LogP contribution in [0.1, 0.15) is 18.4 Å². The van der Waals surface area contributed by atoms with E-state index in [0.29, 0.717) is 19.7 Å². The lowest BCUT2D eigenvalue weighted by Crippen LogP contribution is -2.41. The monoisotopic (exact) mass is 278 g/mol. The second kappa shape index (κ2) is 7.75. The number of carbonyl (C=O) groups is 1. The number of hydrogen-bond donors (Lipinski definition) is 2. The van der Waals surface area contributed by atoms with Crippen molar-refractivity contribution in [2.24, 2.45) is 0 Å². The highest BCUT2D eigenvalue weighted by molar-refractivity contribution is 5.73. The van der Waals surface area contributed by atoms with Crippen LogP contribution >= 0.6 is 0 Å². The van der Waals surface area contributed by atoms with Gasteiger partial charge in [0.2, 0.25) is 0 Å². The predicted octanol–water partition coefficient (Wildman–Crippen LogP) is 1.85. The largest absolute Gasteiger partial charge is 0.492 e. The Bertz CT molecular complexity index is 431. The number of urea groups is 1. The van der Waals surface area contributed by atoms with Gasteiger partial charge < -0.3 is 20.1 Å². The second-order valence-electron chi connectivity index (χ2n) is 4.94. The predicted molar refractivity (Wildman–Crippen MR) is 77.0 cm³/mol. The molecule has 0 bridgehead atoms. The van der Waals surface area contributed by atoms with Crippen molar-refractivity contribution in [1.29, 1.82) is 0 Å². The van der Waals surface area contributed by atoms with Crippen molar-refractivity contribution in [1.82, 2.24) is 10.6 Å². The lowest BCUT2D eigenvalue weighted by atomic mass is 10.2. The molecule has 2 N–H and O–H groups in total. The van der Waals surface area contributed by atoms with Gasteiger partial charge in [0.15, 0.2) is 0 Å². The molecule has 0 radical (unpaired) electrons. The van der Waals surface area contributed by atoms with E-state index in [1.165, 1.54) is 0 Å². The average Bonchev–Trinajstić information content (AvgIpc) is 2.95. The first kappa shape index (κ1) is 14.7. The van der Waals surface area contributed by atoms with Crippen LogP contribution in [0.4, 0.5) is 4.79 Å². The Morgan fingerprint density at radius 1 is 1.45 bits per heavy atom. The van der Waals surface area contributed by atoms with Crippen LogP contribution in [0.5, 0.6) is 5.75 Å². The third-order valence-electron chi connectivity index (χ3n) is 3.16. The molecule has 1 aromatic rings. The van der Waals surface area contributed by atoms with E-state index in [0.717, 1.165) is 30.8 Å². The van der Waals surface area contributed by atoms with Gasteiger partial charge >= 0.3 is 6.03 Å². The number of benzene rings is 1. The number of amides is 2. The van der Waals surface area contributed by atoms with Crippen molar-refractivity contribution in [2.45, 2.75) is 25.9 Å².